The Kier molecular flexibility index (Phi) is 5.26. The summed E-state index contributed by atoms with van der Waals surface area (Å²) in [5.41, 5.74) is 0.866. The molecule has 3 nitrogen and oxygen atoms in total. The van der Waals surface area contributed by atoms with Crippen molar-refractivity contribution in [2.24, 2.45) is 0 Å². The van der Waals surface area contributed by atoms with Crippen LogP contribution in [0.5, 0.6) is 0 Å². The minimum Gasteiger partial charge on any atom is -0.207 e. The number of rotatable bonds is 6. The van der Waals surface area contributed by atoms with Gasteiger partial charge in [0.05, 0.1) is 4.90 Å². The first kappa shape index (κ1) is 15.9. The number of hydrogen-bond donors (Lipinski definition) is 0. The summed E-state index contributed by atoms with van der Waals surface area (Å²) >= 11 is 0. The first-order valence-corrected chi connectivity index (χ1v) is 7.66. The van der Waals surface area contributed by atoms with Crippen LogP contribution in [-0.4, -0.2) is 25.8 Å². The summed E-state index contributed by atoms with van der Waals surface area (Å²) < 4.78 is 39.9. The van der Waals surface area contributed by atoms with Crippen molar-refractivity contribution in [1.29, 1.82) is 0 Å². The maximum absolute atomic E-state index is 13.3. The van der Waals surface area contributed by atoms with E-state index in [2.05, 4.69) is 6.58 Å². The average Bonchev–Trinajstić information content (AvgIpc) is 2.26. The molecule has 1 rings (SSSR count). The van der Waals surface area contributed by atoms with Crippen LogP contribution in [0, 0.1) is 19.7 Å². The van der Waals surface area contributed by atoms with Crippen molar-refractivity contribution in [3.63, 3.8) is 0 Å². The van der Waals surface area contributed by atoms with E-state index in [1.54, 1.807) is 19.9 Å². The van der Waals surface area contributed by atoms with Crippen LogP contribution >= 0.6 is 0 Å². The Morgan fingerprint density at radius 3 is 2.26 bits per heavy atom. The summed E-state index contributed by atoms with van der Waals surface area (Å²) in [6, 6.07) is 2.50. The van der Waals surface area contributed by atoms with Gasteiger partial charge in [0.25, 0.3) is 0 Å². The minimum atomic E-state index is -3.61. The van der Waals surface area contributed by atoms with Gasteiger partial charge in [0.2, 0.25) is 10.0 Å². The minimum absolute atomic E-state index is 0.198. The third-order valence-corrected chi connectivity index (χ3v) is 5.00. The van der Waals surface area contributed by atoms with Crippen LogP contribution in [0.25, 0.3) is 0 Å². The SMILES string of the molecule is C=CCN(CCC)S(=O)(=O)c1c(C)cc(F)cc1C. The van der Waals surface area contributed by atoms with Gasteiger partial charge in [-0.25, -0.2) is 12.8 Å². The molecule has 0 aliphatic carbocycles. The molecule has 0 N–H and O–H groups in total. The van der Waals surface area contributed by atoms with Gasteiger partial charge >= 0.3 is 0 Å². The summed E-state index contributed by atoms with van der Waals surface area (Å²) in [4.78, 5) is 0.198. The fraction of sp³-hybridized carbons (Fsp3) is 0.429. The monoisotopic (exact) mass is 285 g/mol. The second-order valence-electron chi connectivity index (χ2n) is 4.52. The number of nitrogens with zero attached hydrogens (tertiary/aromatic N) is 1. The van der Waals surface area contributed by atoms with Crippen molar-refractivity contribution < 1.29 is 12.8 Å². The predicted octanol–water partition coefficient (Wildman–Crippen LogP) is 3.03. The Hall–Kier alpha value is -1.20. The molecule has 1 aromatic carbocycles. The van der Waals surface area contributed by atoms with E-state index in [9.17, 15) is 12.8 Å². The van der Waals surface area contributed by atoms with E-state index in [1.165, 1.54) is 16.4 Å². The number of hydrogen-bond acceptors (Lipinski definition) is 2. The normalized spacial score (nSPS) is 11.8. The van der Waals surface area contributed by atoms with Crippen molar-refractivity contribution in [1.82, 2.24) is 4.31 Å². The third kappa shape index (κ3) is 3.42. The van der Waals surface area contributed by atoms with Crippen molar-refractivity contribution in [2.75, 3.05) is 13.1 Å². The lowest BCUT2D eigenvalue weighted by Crippen LogP contribution is -2.33. The van der Waals surface area contributed by atoms with E-state index in [4.69, 9.17) is 0 Å². The van der Waals surface area contributed by atoms with Crippen LogP contribution in [0.4, 0.5) is 4.39 Å². The average molecular weight is 285 g/mol. The Balaban J connectivity index is 3.37. The van der Waals surface area contributed by atoms with Crippen molar-refractivity contribution in [2.45, 2.75) is 32.1 Å². The molecule has 1 aromatic rings. The van der Waals surface area contributed by atoms with Gasteiger partial charge in [0.1, 0.15) is 5.82 Å². The molecule has 0 heterocycles. The molecule has 0 amide bonds. The molecule has 0 aromatic heterocycles. The lowest BCUT2D eigenvalue weighted by molar-refractivity contribution is 0.440. The highest BCUT2D eigenvalue weighted by atomic mass is 32.2. The fourth-order valence-electron chi connectivity index (χ4n) is 2.14. The van der Waals surface area contributed by atoms with Gasteiger partial charge in [-0.3, -0.25) is 0 Å². The van der Waals surface area contributed by atoms with Gasteiger partial charge in [-0.15, -0.1) is 6.58 Å². The Morgan fingerprint density at radius 2 is 1.84 bits per heavy atom. The summed E-state index contributed by atoms with van der Waals surface area (Å²) in [7, 11) is -3.61. The van der Waals surface area contributed by atoms with Crippen LogP contribution in [-0.2, 0) is 10.0 Å². The zero-order valence-electron chi connectivity index (χ0n) is 11.6. The van der Waals surface area contributed by atoms with Crippen molar-refractivity contribution in [3.8, 4) is 0 Å². The standard InChI is InChI=1S/C14H20FNO2S/c1-5-7-16(8-6-2)19(17,18)14-11(3)9-13(15)10-12(14)4/h5,9-10H,1,6-8H2,2-4H3. The van der Waals surface area contributed by atoms with E-state index in [0.717, 1.165) is 0 Å². The zero-order chi connectivity index (χ0) is 14.6. The summed E-state index contributed by atoms with van der Waals surface area (Å²) in [6.07, 6.45) is 2.27. The number of aryl methyl sites for hydroxylation is 2. The van der Waals surface area contributed by atoms with E-state index in [-0.39, 0.29) is 11.4 Å². The molecule has 19 heavy (non-hydrogen) atoms. The Bertz CT molecular complexity index is 544. The molecule has 0 atom stereocenters. The molecule has 0 saturated heterocycles. The molecule has 0 bridgehead atoms. The highest BCUT2D eigenvalue weighted by Gasteiger charge is 2.26. The third-order valence-electron chi connectivity index (χ3n) is 2.83. The van der Waals surface area contributed by atoms with Crippen LogP contribution in [0.1, 0.15) is 24.5 Å². The highest BCUT2D eigenvalue weighted by Crippen LogP contribution is 2.25. The molecule has 0 fully saturated rings. The van der Waals surface area contributed by atoms with E-state index >= 15 is 0 Å². The van der Waals surface area contributed by atoms with Gasteiger partial charge in [-0.1, -0.05) is 13.0 Å². The summed E-state index contributed by atoms with van der Waals surface area (Å²) in [5, 5.41) is 0. The number of sulfonamides is 1. The van der Waals surface area contributed by atoms with Gasteiger partial charge in [0.15, 0.2) is 0 Å². The molecule has 0 radical (unpaired) electrons. The van der Waals surface area contributed by atoms with Crippen LogP contribution in [0.15, 0.2) is 29.7 Å². The molecule has 0 saturated carbocycles. The molecular weight excluding hydrogens is 265 g/mol. The largest absolute Gasteiger partial charge is 0.243 e. The highest BCUT2D eigenvalue weighted by molar-refractivity contribution is 7.89. The first-order chi connectivity index (χ1) is 8.84. The van der Waals surface area contributed by atoms with Gasteiger partial charge in [-0.05, 0) is 43.5 Å². The second-order valence-corrected chi connectivity index (χ2v) is 6.40. The Labute approximate surface area is 114 Å². The molecular formula is C14H20FNO2S. The van der Waals surface area contributed by atoms with Crippen LogP contribution in [0.3, 0.4) is 0 Å². The molecule has 0 aliphatic heterocycles. The first-order valence-electron chi connectivity index (χ1n) is 6.22. The second kappa shape index (κ2) is 6.30. The fourth-order valence-corrected chi connectivity index (χ4v) is 4.05. The molecule has 0 spiro atoms. The van der Waals surface area contributed by atoms with Crippen molar-refractivity contribution >= 4 is 10.0 Å². The van der Waals surface area contributed by atoms with Crippen LogP contribution in [0.2, 0.25) is 0 Å². The quantitative estimate of drug-likeness (QED) is 0.753. The topological polar surface area (TPSA) is 37.4 Å². The molecule has 0 unspecified atom stereocenters. The molecule has 106 valence electrons. The van der Waals surface area contributed by atoms with E-state index in [0.29, 0.717) is 24.1 Å². The lowest BCUT2D eigenvalue weighted by Gasteiger charge is -2.22. The smallest absolute Gasteiger partial charge is 0.207 e. The van der Waals surface area contributed by atoms with Gasteiger partial charge < -0.3 is 0 Å². The molecule has 0 aliphatic rings. The summed E-state index contributed by atoms with van der Waals surface area (Å²) in [5.74, 6) is -0.417. The maximum Gasteiger partial charge on any atom is 0.243 e. The number of benzene rings is 1. The van der Waals surface area contributed by atoms with Crippen LogP contribution < -0.4 is 0 Å². The van der Waals surface area contributed by atoms with Gasteiger partial charge in [0, 0.05) is 13.1 Å². The van der Waals surface area contributed by atoms with E-state index in [1.807, 2.05) is 6.92 Å². The maximum atomic E-state index is 13.3. The predicted molar refractivity (Wildman–Crippen MR) is 75.1 cm³/mol. The summed E-state index contributed by atoms with van der Waals surface area (Å²) in [6.45, 7) is 9.40. The Morgan fingerprint density at radius 1 is 1.32 bits per heavy atom. The molecule has 5 heteroatoms. The van der Waals surface area contributed by atoms with E-state index < -0.39 is 15.8 Å². The zero-order valence-corrected chi connectivity index (χ0v) is 12.4. The number of halogens is 1. The van der Waals surface area contributed by atoms with Crippen molar-refractivity contribution in [3.05, 3.63) is 41.7 Å². The lowest BCUT2D eigenvalue weighted by atomic mass is 10.1. The van der Waals surface area contributed by atoms with Gasteiger partial charge in [-0.2, -0.15) is 4.31 Å².